The van der Waals surface area contributed by atoms with E-state index in [1.165, 1.54) is 52.6 Å². The number of ether oxygens (including phenoxy) is 1. The maximum Gasteiger partial charge on any atom is 0.407 e. The van der Waals surface area contributed by atoms with E-state index >= 15 is 0 Å². The molecule has 0 spiro atoms. The van der Waals surface area contributed by atoms with E-state index in [1.807, 2.05) is 39.1 Å². The third-order valence-corrected chi connectivity index (χ3v) is 12.3. The first-order valence-electron chi connectivity index (χ1n) is 20.6. The molecule has 5 aliphatic rings. The van der Waals surface area contributed by atoms with Gasteiger partial charge in [0.2, 0.25) is 0 Å². The van der Waals surface area contributed by atoms with Crippen molar-refractivity contribution in [2.45, 2.75) is 115 Å². The number of nitrogens with one attached hydrogen (secondary N) is 2. The molecule has 3 heterocycles. The van der Waals surface area contributed by atoms with Crippen molar-refractivity contribution in [3.05, 3.63) is 135 Å². The number of halogens is 2. The van der Waals surface area contributed by atoms with Crippen molar-refractivity contribution in [2.24, 2.45) is 5.10 Å². The summed E-state index contributed by atoms with van der Waals surface area (Å²) in [6, 6.07) is 18.8. The summed E-state index contributed by atoms with van der Waals surface area (Å²) in [6.45, 7) is 6.35. The maximum atomic E-state index is 14.8. The summed E-state index contributed by atoms with van der Waals surface area (Å²) in [4.78, 5) is 25.3. The topological polar surface area (TPSA) is 91.7 Å². The number of aromatic nitrogens is 2. The molecule has 3 fully saturated rings. The molecule has 1 aliphatic heterocycles. The van der Waals surface area contributed by atoms with Crippen molar-refractivity contribution in [3.8, 4) is 11.1 Å². The van der Waals surface area contributed by atoms with Crippen LogP contribution in [0.25, 0.3) is 16.8 Å². The third kappa shape index (κ3) is 7.23. The fraction of sp³-hybridized carbons (Fsp3) is 0.404. The number of alkyl carbamates (subject to hydrolysis) is 1. The summed E-state index contributed by atoms with van der Waals surface area (Å²) >= 11 is 0. The SMILES string of the molecule is CC(C)(C)OC(=O)NCC1=NNC(=C2CCC2)c2ccc(C3(C(=C4CCC4)N(Cc4ccc(-c5c(F)cccc5F)cn4)C4CCCc5cccnc54)CC3)cc21. The van der Waals surface area contributed by atoms with Gasteiger partial charge in [0.1, 0.15) is 17.2 Å². The van der Waals surface area contributed by atoms with Crippen LogP contribution in [0.2, 0.25) is 0 Å². The van der Waals surface area contributed by atoms with Gasteiger partial charge in [-0.05, 0) is 138 Å². The number of allylic oxidation sites excluding steroid dienone is 3. The normalized spacial score (nSPS) is 19.2. The second-order valence-corrected chi connectivity index (χ2v) is 17.2. The number of rotatable bonds is 9. The highest BCUT2D eigenvalue weighted by Crippen LogP contribution is 2.60. The lowest BCUT2D eigenvalue weighted by molar-refractivity contribution is 0.0536. The number of carbonyl (C=O) groups excluding carboxylic acids is 1. The van der Waals surface area contributed by atoms with E-state index in [0.29, 0.717) is 12.1 Å². The van der Waals surface area contributed by atoms with E-state index < -0.39 is 23.3 Å². The van der Waals surface area contributed by atoms with Gasteiger partial charge in [-0.1, -0.05) is 35.9 Å². The summed E-state index contributed by atoms with van der Waals surface area (Å²) < 4.78 is 35.2. The molecule has 2 aromatic carbocycles. The lowest BCUT2D eigenvalue weighted by atomic mass is 9.78. The van der Waals surface area contributed by atoms with E-state index in [2.05, 4.69) is 39.9 Å². The van der Waals surface area contributed by atoms with Crippen molar-refractivity contribution < 1.29 is 18.3 Å². The molecule has 57 heavy (non-hydrogen) atoms. The number of hydrogen-bond acceptors (Lipinski definition) is 7. The number of aryl methyl sites for hydroxylation is 1. The number of carbonyl (C=O) groups is 1. The Kier molecular flexibility index (Phi) is 9.69. The summed E-state index contributed by atoms with van der Waals surface area (Å²) in [7, 11) is 0. The van der Waals surface area contributed by atoms with E-state index in [0.717, 1.165) is 98.1 Å². The second-order valence-electron chi connectivity index (χ2n) is 17.2. The van der Waals surface area contributed by atoms with Crippen molar-refractivity contribution in [3.63, 3.8) is 0 Å². The molecule has 4 aliphatic carbocycles. The molecule has 1 atom stereocenters. The van der Waals surface area contributed by atoms with Crippen molar-refractivity contribution in [1.29, 1.82) is 0 Å². The molecule has 3 saturated carbocycles. The van der Waals surface area contributed by atoms with Crippen molar-refractivity contribution in [2.75, 3.05) is 6.54 Å². The zero-order valence-corrected chi connectivity index (χ0v) is 33.1. The average Bonchev–Trinajstić information content (AvgIpc) is 3.96. The van der Waals surface area contributed by atoms with Gasteiger partial charge in [-0.15, -0.1) is 0 Å². The predicted molar refractivity (Wildman–Crippen MR) is 218 cm³/mol. The highest BCUT2D eigenvalue weighted by molar-refractivity contribution is 6.08. The lowest BCUT2D eigenvalue weighted by Crippen LogP contribution is -2.38. The summed E-state index contributed by atoms with van der Waals surface area (Å²) in [6.07, 6.45) is 14.6. The van der Waals surface area contributed by atoms with E-state index in [1.54, 1.807) is 12.3 Å². The van der Waals surface area contributed by atoms with Crippen LogP contribution < -0.4 is 10.7 Å². The molecule has 2 aromatic heterocycles. The van der Waals surface area contributed by atoms with Gasteiger partial charge < -0.3 is 15.0 Å². The second kappa shape index (κ2) is 14.8. The van der Waals surface area contributed by atoms with E-state index in [9.17, 15) is 13.6 Å². The van der Waals surface area contributed by atoms with Gasteiger partial charge >= 0.3 is 6.09 Å². The molecule has 2 N–H and O–H groups in total. The predicted octanol–water partition coefficient (Wildman–Crippen LogP) is 10.2. The van der Waals surface area contributed by atoms with Gasteiger partial charge in [-0.3, -0.25) is 15.4 Å². The molecule has 4 aromatic rings. The van der Waals surface area contributed by atoms with Crippen LogP contribution >= 0.6 is 0 Å². The van der Waals surface area contributed by atoms with Gasteiger partial charge in [0.05, 0.1) is 47.5 Å². The average molecular weight is 769 g/mol. The molecule has 0 saturated heterocycles. The van der Waals surface area contributed by atoms with Crippen LogP contribution in [0.4, 0.5) is 13.6 Å². The highest BCUT2D eigenvalue weighted by atomic mass is 19.1. The summed E-state index contributed by atoms with van der Waals surface area (Å²) in [5.74, 6) is -1.20. The molecule has 10 heteroatoms. The third-order valence-electron chi connectivity index (χ3n) is 12.3. The molecule has 9 rings (SSSR count). The Morgan fingerprint density at radius 1 is 0.930 bits per heavy atom. The minimum absolute atomic E-state index is 0.0490. The number of nitrogens with zero attached hydrogens (tertiary/aromatic N) is 4. The fourth-order valence-corrected chi connectivity index (χ4v) is 9.06. The smallest absolute Gasteiger partial charge is 0.407 e. The standard InChI is InChI=1S/C47H50F2N6O2/c1-46(2,3)57-45(56)52-27-39-36-25-33(19-21-35(36)42(54-53-39)29-9-4-10-29)47(22-23-47)44(31-12-5-13-31)55(40-17-6-11-30-14-8-24-50-43(30)40)28-34-20-18-32(26-51-34)41-37(48)15-7-16-38(41)49/h7-8,14-16,18-21,24-26,40,54H,4-6,9-13,17,22-23,27-28H2,1-3H3,(H,52,56). The van der Waals surface area contributed by atoms with Gasteiger partial charge in [0.25, 0.3) is 0 Å². The minimum atomic E-state index is -0.608. The van der Waals surface area contributed by atoms with Gasteiger partial charge in [0.15, 0.2) is 0 Å². The number of pyridine rings is 2. The van der Waals surface area contributed by atoms with Crippen LogP contribution in [0.3, 0.4) is 0 Å². The number of hydrazone groups is 1. The van der Waals surface area contributed by atoms with Crippen LogP contribution in [0, 0.1) is 11.6 Å². The summed E-state index contributed by atoms with van der Waals surface area (Å²) in [5.41, 5.74) is 15.6. The van der Waals surface area contributed by atoms with E-state index in [4.69, 9.17) is 19.8 Å². The highest BCUT2D eigenvalue weighted by Gasteiger charge is 2.53. The Morgan fingerprint density at radius 2 is 1.72 bits per heavy atom. The molecular weight excluding hydrogens is 719 g/mol. The number of benzene rings is 2. The van der Waals surface area contributed by atoms with Crippen LogP contribution in [0.15, 0.2) is 95.0 Å². The van der Waals surface area contributed by atoms with Crippen LogP contribution in [0.5, 0.6) is 0 Å². The zero-order chi connectivity index (χ0) is 39.3. The quantitative estimate of drug-likeness (QED) is 0.176. The fourth-order valence-electron chi connectivity index (χ4n) is 9.06. The van der Waals surface area contributed by atoms with Crippen LogP contribution in [0.1, 0.15) is 125 Å². The monoisotopic (exact) mass is 768 g/mol. The number of hydrogen-bond donors (Lipinski definition) is 2. The number of amides is 1. The Labute approximate surface area is 333 Å². The lowest BCUT2D eigenvalue weighted by Gasteiger charge is -2.44. The van der Waals surface area contributed by atoms with Crippen LogP contribution in [-0.2, 0) is 23.1 Å². The molecule has 1 amide bonds. The largest absolute Gasteiger partial charge is 0.444 e. The molecular formula is C47H50F2N6O2. The molecule has 8 nitrogen and oxygen atoms in total. The maximum absolute atomic E-state index is 14.8. The summed E-state index contributed by atoms with van der Waals surface area (Å²) in [5, 5.41) is 7.81. The van der Waals surface area contributed by atoms with Crippen molar-refractivity contribution in [1.82, 2.24) is 25.6 Å². The van der Waals surface area contributed by atoms with Gasteiger partial charge in [-0.25, -0.2) is 13.6 Å². The van der Waals surface area contributed by atoms with Gasteiger partial charge in [-0.2, -0.15) is 5.10 Å². The Hall–Kier alpha value is -5.38. The number of fused-ring (bicyclic) bond motifs is 2. The Bertz CT molecular complexity index is 2290. The first-order valence-corrected chi connectivity index (χ1v) is 20.6. The first-order chi connectivity index (χ1) is 27.6. The molecule has 0 radical (unpaired) electrons. The van der Waals surface area contributed by atoms with Crippen molar-refractivity contribution >= 4 is 17.5 Å². The molecule has 0 bridgehead atoms. The van der Waals surface area contributed by atoms with Crippen LogP contribution in [-0.4, -0.2) is 38.8 Å². The molecule has 1 unspecified atom stereocenters. The Balaban J connectivity index is 1.11. The molecule has 294 valence electrons. The first kappa shape index (κ1) is 37.2. The van der Waals surface area contributed by atoms with E-state index in [-0.39, 0.29) is 23.6 Å². The zero-order valence-electron chi connectivity index (χ0n) is 33.1. The minimum Gasteiger partial charge on any atom is -0.444 e. The Morgan fingerprint density at radius 3 is 2.39 bits per heavy atom. The van der Waals surface area contributed by atoms with Gasteiger partial charge in [0, 0.05) is 40.2 Å².